The molecular weight excluding hydrogens is 230 g/mol. The summed E-state index contributed by atoms with van der Waals surface area (Å²) in [7, 11) is 0. The third kappa shape index (κ3) is 7.67. The van der Waals surface area contributed by atoms with Gasteiger partial charge in [-0.1, -0.05) is 32.6 Å². The number of rotatable bonds is 9. The lowest BCUT2D eigenvalue weighted by Gasteiger charge is -2.21. The standard InChI is InChI=1S/C14H27NO3/c1-2-3-10-18-14(16)12-15-9-11-17-13-7-5-4-6-8-13/h13,15H,2-12H2,1H3. The van der Waals surface area contributed by atoms with Crippen LogP contribution in [-0.2, 0) is 14.3 Å². The van der Waals surface area contributed by atoms with Crippen LogP contribution in [-0.4, -0.2) is 38.4 Å². The fourth-order valence-electron chi connectivity index (χ4n) is 2.10. The molecule has 0 amide bonds. The van der Waals surface area contributed by atoms with Gasteiger partial charge in [-0.25, -0.2) is 0 Å². The van der Waals surface area contributed by atoms with E-state index in [-0.39, 0.29) is 12.5 Å². The maximum Gasteiger partial charge on any atom is 0.319 e. The number of carbonyl (C=O) groups is 1. The van der Waals surface area contributed by atoms with Crippen LogP contribution < -0.4 is 5.32 Å². The van der Waals surface area contributed by atoms with E-state index in [1.807, 2.05) is 0 Å². The zero-order chi connectivity index (χ0) is 13.1. The lowest BCUT2D eigenvalue weighted by molar-refractivity contribution is -0.142. The van der Waals surface area contributed by atoms with Gasteiger partial charge in [-0.2, -0.15) is 0 Å². The summed E-state index contributed by atoms with van der Waals surface area (Å²) in [6.45, 7) is 4.31. The van der Waals surface area contributed by atoms with Crippen LogP contribution in [0.5, 0.6) is 0 Å². The van der Waals surface area contributed by atoms with E-state index >= 15 is 0 Å². The molecule has 0 aliphatic heterocycles. The average Bonchev–Trinajstić information content (AvgIpc) is 2.40. The maximum atomic E-state index is 11.3. The second-order valence-electron chi connectivity index (χ2n) is 4.88. The number of esters is 1. The Morgan fingerprint density at radius 1 is 1.22 bits per heavy atom. The summed E-state index contributed by atoms with van der Waals surface area (Å²) in [4.78, 5) is 11.3. The van der Waals surface area contributed by atoms with Gasteiger partial charge in [0, 0.05) is 6.54 Å². The minimum Gasteiger partial charge on any atom is -0.465 e. The van der Waals surface area contributed by atoms with Gasteiger partial charge < -0.3 is 14.8 Å². The number of hydrogen-bond acceptors (Lipinski definition) is 4. The first-order valence-electron chi connectivity index (χ1n) is 7.31. The van der Waals surface area contributed by atoms with Crippen molar-refractivity contribution in [3.8, 4) is 0 Å². The predicted octanol–water partition coefficient (Wildman–Crippen LogP) is 2.27. The van der Waals surface area contributed by atoms with Crippen LogP contribution in [0.15, 0.2) is 0 Å². The summed E-state index contributed by atoms with van der Waals surface area (Å²) in [6, 6.07) is 0. The molecule has 0 aromatic rings. The molecule has 0 heterocycles. The van der Waals surface area contributed by atoms with Crippen LogP contribution in [0.2, 0.25) is 0 Å². The monoisotopic (exact) mass is 257 g/mol. The number of unbranched alkanes of at least 4 members (excludes halogenated alkanes) is 1. The highest BCUT2D eigenvalue weighted by molar-refractivity contribution is 5.71. The van der Waals surface area contributed by atoms with Gasteiger partial charge in [0.05, 0.1) is 25.9 Å². The van der Waals surface area contributed by atoms with E-state index in [1.165, 1.54) is 32.1 Å². The summed E-state index contributed by atoms with van der Waals surface area (Å²) in [5, 5.41) is 3.05. The van der Waals surface area contributed by atoms with Gasteiger partial charge in [0.25, 0.3) is 0 Å². The molecule has 0 atom stereocenters. The largest absolute Gasteiger partial charge is 0.465 e. The highest BCUT2D eigenvalue weighted by atomic mass is 16.5. The van der Waals surface area contributed by atoms with Gasteiger partial charge in [-0.3, -0.25) is 4.79 Å². The van der Waals surface area contributed by atoms with Gasteiger partial charge in [0.2, 0.25) is 0 Å². The van der Waals surface area contributed by atoms with Crippen LogP contribution in [0, 0.1) is 0 Å². The predicted molar refractivity (Wildman–Crippen MR) is 71.6 cm³/mol. The summed E-state index contributed by atoms with van der Waals surface area (Å²) < 4.78 is 10.8. The van der Waals surface area contributed by atoms with Crippen LogP contribution in [0.1, 0.15) is 51.9 Å². The minimum absolute atomic E-state index is 0.166. The van der Waals surface area contributed by atoms with E-state index in [1.54, 1.807) is 0 Å². The van der Waals surface area contributed by atoms with Gasteiger partial charge in [0.1, 0.15) is 0 Å². The van der Waals surface area contributed by atoms with Gasteiger partial charge in [-0.15, -0.1) is 0 Å². The molecule has 4 heteroatoms. The van der Waals surface area contributed by atoms with E-state index in [0.717, 1.165) is 19.4 Å². The molecule has 106 valence electrons. The molecule has 1 aliphatic rings. The normalized spacial score (nSPS) is 16.7. The summed E-state index contributed by atoms with van der Waals surface area (Å²) in [6.07, 6.45) is 8.76. The SMILES string of the molecule is CCCCOC(=O)CNCCOC1CCCCC1. The third-order valence-corrected chi connectivity index (χ3v) is 3.21. The van der Waals surface area contributed by atoms with Gasteiger partial charge in [-0.05, 0) is 19.3 Å². The molecule has 4 nitrogen and oxygen atoms in total. The Kier molecular flexibility index (Phi) is 8.86. The van der Waals surface area contributed by atoms with Crippen LogP contribution >= 0.6 is 0 Å². The first kappa shape index (κ1) is 15.4. The van der Waals surface area contributed by atoms with Crippen molar-refractivity contribution in [2.24, 2.45) is 0 Å². The molecule has 1 saturated carbocycles. The van der Waals surface area contributed by atoms with Crippen LogP contribution in [0.4, 0.5) is 0 Å². The molecule has 0 spiro atoms. The average molecular weight is 257 g/mol. The van der Waals surface area contributed by atoms with Crippen molar-refractivity contribution in [3.63, 3.8) is 0 Å². The van der Waals surface area contributed by atoms with Crippen molar-refractivity contribution in [1.29, 1.82) is 0 Å². The van der Waals surface area contributed by atoms with Crippen molar-refractivity contribution < 1.29 is 14.3 Å². The topological polar surface area (TPSA) is 47.6 Å². The summed E-state index contributed by atoms with van der Waals surface area (Å²) in [5.74, 6) is -0.166. The first-order valence-corrected chi connectivity index (χ1v) is 7.31. The van der Waals surface area contributed by atoms with E-state index in [0.29, 0.717) is 19.3 Å². The van der Waals surface area contributed by atoms with Crippen molar-refractivity contribution in [3.05, 3.63) is 0 Å². The Bertz CT molecular complexity index is 215. The van der Waals surface area contributed by atoms with Gasteiger partial charge in [0.15, 0.2) is 0 Å². The quantitative estimate of drug-likeness (QED) is 0.508. The molecule has 0 unspecified atom stereocenters. The fraction of sp³-hybridized carbons (Fsp3) is 0.929. The molecule has 1 N–H and O–H groups in total. The zero-order valence-corrected chi connectivity index (χ0v) is 11.6. The minimum atomic E-state index is -0.166. The number of nitrogens with one attached hydrogen (secondary N) is 1. The second-order valence-corrected chi connectivity index (χ2v) is 4.88. The number of carbonyl (C=O) groups excluding carboxylic acids is 1. The van der Waals surface area contributed by atoms with E-state index < -0.39 is 0 Å². The smallest absolute Gasteiger partial charge is 0.319 e. The lowest BCUT2D eigenvalue weighted by Crippen LogP contribution is -2.29. The number of hydrogen-bond donors (Lipinski definition) is 1. The number of ether oxygens (including phenoxy) is 2. The van der Waals surface area contributed by atoms with E-state index in [4.69, 9.17) is 9.47 Å². The Hall–Kier alpha value is -0.610. The molecule has 1 aliphatic carbocycles. The maximum absolute atomic E-state index is 11.3. The van der Waals surface area contributed by atoms with Crippen molar-refractivity contribution in [1.82, 2.24) is 5.32 Å². The zero-order valence-electron chi connectivity index (χ0n) is 11.6. The molecule has 1 rings (SSSR count). The summed E-state index contributed by atoms with van der Waals surface area (Å²) in [5.41, 5.74) is 0. The highest BCUT2D eigenvalue weighted by Gasteiger charge is 2.13. The Labute approximate surface area is 110 Å². The highest BCUT2D eigenvalue weighted by Crippen LogP contribution is 2.19. The Balaban J connectivity index is 1.86. The molecule has 0 aromatic heterocycles. The third-order valence-electron chi connectivity index (χ3n) is 3.21. The molecular formula is C14H27NO3. The molecule has 0 aromatic carbocycles. The summed E-state index contributed by atoms with van der Waals surface area (Å²) >= 11 is 0. The molecule has 1 fully saturated rings. The van der Waals surface area contributed by atoms with E-state index in [2.05, 4.69) is 12.2 Å². The van der Waals surface area contributed by atoms with Crippen LogP contribution in [0.3, 0.4) is 0 Å². The van der Waals surface area contributed by atoms with E-state index in [9.17, 15) is 4.79 Å². The molecule has 0 bridgehead atoms. The first-order chi connectivity index (χ1) is 8.83. The van der Waals surface area contributed by atoms with Crippen molar-refractivity contribution >= 4 is 5.97 Å². The van der Waals surface area contributed by atoms with Gasteiger partial charge >= 0.3 is 5.97 Å². The second kappa shape index (κ2) is 10.3. The Morgan fingerprint density at radius 2 is 2.00 bits per heavy atom. The fourth-order valence-corrected chi connectivity index (χ4v) is 2.10. The lowest BCUT2D eigenvalue weighted by atomic mass is 9.98. The van der Waals surface area contributed by atoms with Crippen molar-refractivity contribution in [2.75, 3.05) is 26.3 Å². The van der Waals surface area contributed by atoms with Crippen LogP contribution in [0.25, 0.3) is 0 Å². The molecule has 0 radical (unpaired) electrons. The molecule has 0 saturated heterocycles. The van der Waals surface area contributed by atoms with Crippen molar-refractivity contribution in [2.45, 2.75) is 58.0 Å². The Morgan fingerprint density at radius 3 is 2.72 bits per heavy atom. The molecule has 18 heavy (non-hydrogen) atoms.